The van der Waals surface area contributed by atoms with Gasteiger partial charge in [0, 0.05) is 12.3 Å². The van der Waals surface area contributed by atoms with Crippen LogP contribution in [-0.4, -0.2) is 32.9 Å². The molecule has 0 unspecified atom stereocenters. The van der Waals surface area contributed by atoms with E-state index in [-0.39, 0.29) is 27.6 Å². The molecule has 3 rings (SSSR count). The molecule has 148 valence electrons. The quantitative estimate of drug-likeness (QED) is 0.372. The highest BCUT2D eigenvalue weighted by molar-refractivity contribution is 6.32. The van der Waals surface area contributed by atoms with Crippen LogP contribution in [0.4, 0.5) is 11.4 Å². The fourth-order valence-electron chi connectivity index (χ4n) is 2.49. The average molecular weight is 417 g/mol. The number of aromatic amines is 1. The minimum absolute atomic E-state index is 0.0669. The molecular weight excluding hydrogens is 404 g/mol. The normalized spacial score (nSPS) is 11.0. The van der Waals surface area contributed by atoms with E-state index < -0.39 is 22.1 Å². The van der Waals surface area contributed by atoms with Gasteiger partial charge >= 0.3 is 5.69 Å². The number of rotatable bonds is 5. The lowest BCUT2D eigenvalue weighted by molar-refractivity contribution is -0.384. The van der Waals surface area contributed by atoms with Gasteiger partial charge in [0.25, 0.3) is 11.2 Å². The fraction of sp³-hybridized carbons (Fsp3) is 0.0556. The Kier molecular flexibility index (Phi) is 5.46. The Hall–Kier alpha value is -3.92. The van der Waals surface area contributed by atoms with Crippen LogP contribution in [0, 0.1) is 10.1 Å². The van der Waals surface area contributed by atoms with E-state index in [0.717, 1.165) is 16.8 Å². The number of halogens is 1. The molecule has 10 nitrogen and oxygen atoms in total. The van der Waals surface area contributed by atoms with Crippen LogP contribution in [0.5, 0.6) is 11.6 Å². The second-order valence-corrected chi connectivity index (χ2v) is 6.09. The number of nitro benzene ring substituents is 1. The lowest BCUT2D eigenvalue weighted by atomic mass is 10.2. The second-order valence-electron chi connectivity index (χ2n) is 5.68. The van der Waals surface area contributed by atoms with Crippen molar-refractivity contribution < 1.29 is 14.8 Å². The van der Waals surface area contributed by atoms with Gasteiger partial charge in [-0.1, -0.05) is 11.6 Å². The maximum atomic E-state index is 12.2. The first kappa shape index (κ1) is 19.8. The van der Waals surface area contributed by atoms with Crippen LogP contribution in [0.3, 0.4) is 0 Å². The van der Waals surface area contributed by atoms with Gasteiger partial charge in [-0.25, -0.2) is 9.36 Å². The Morgan fingerprint density at radius 2 is 1.93 bits per heavy atom. The largest absolute Gasteiger partial charge is 0.497 e. The van der Waals surface area contributed by atoms with Gasteiger partial charge in [0.15, 0.2) is 0 Å². The Labute approximate surface area is 167 Å². The van der Waals surface area contributed by atoms with Crippen LogP contribution in [0.25, 0.3) is 5.69 Å². The minimum Gasteiger partial charge on any atom is -0.497 e. The van der Waals surface area contributed by atoms with Gasteiger partial charge in [-0.2, -0.15) is 0 Å². The summed E-state index contributed by atoms with van der Waals surface area (Å²) in [7, 11) is 1.48. The lowest BCUT2D eigenvalue weighted by Gasteiger charge is -2.10. The molecule has 29 heavy (non-hydrogen) atoms. The molecule has 0 aliphatic rings. The molecule has 0 aliphatic carbocycles. The number of nitro groups is 1. The van der Waals surface area contributed by atoms with E-state index in [1.807, 2.05) is 0 Å². The van der Waals surface area contributed by atoms with Crippen LogP contribution < -0.4 is 16.0 Å². The molecule has 2 N–H and O–H groups in total. The predicted octanol–water partition coefficient (Wildman–Crippen LogP) is 2.55. The third kappa shape index (κ3) is 4.01. The highest BCUT2D eigenvalue weighted by atomic mass is 35.5. The zero-order valence-corrected chi connectivity index (χ0v) is 15.6. The molecule has 3 aromatic rings. The summed E-state index contributed by atoms with van der Waals surface area (Å²) in [6, 6.07) is 9.98. The molecule has 0 bridgehead atoms. The van der Waals surface area contributed by atoms with Gasteiger partial charge in [-0.3, -0.25) is 24.9 Å². The van der Waals surface area contributed by atoms with E-state index in [9.17, 15) is 24.8 Å². The van der Waals surface area contributed by atoms with Gasteiger partial charge in [0.2, 0.25) is 5.88 Å². The topological polar surface area (TPSA) is 140 Å². The molecule has 0 saturated heterocycles. The summed E-state index contributed by atoms with van der Waals surface area (Å²) in [6.07, 6.45) is 1.00. The standard InChI is InChI=1S/C18H13ClN4O6/c1-29-12-5-3-11(4-6-12)22-17(25)13(16(24)21-18(22)26)9-20-10-2-7-14(19)15(8-10)23(27)28/h2-9,25H,1H3,(H,21,24,26). The van der Waals surface area contributed by atoms with Crippen LogP contribution in [0.15, 0.2) is 57.0 Å². The number of methoxy groups -OCH3 is 1. The summed E-state index contributed by atoms with van der Waals surface area (Å²) >= 11 is 5.75. The van der Waals surface area contributed by atoms with Crippen LogP contribution in [0.1, 0.15) is 5.56 Å². The minimum atomic E-state index is -0.871. The number of nitrogens with one attached hydrogen (secondary N) is 1. The van der Waals surface area contributed by atoms with E-state index in [0.29, 0.717) is 5.75 Å². The highest BCUT2D eigenvalue weighted by Gasteiger charge is 2.15. The Morgan fingerprint density at radius 1 is 1.24 bits per heavy atom. The van der Waals surface area contributed by atoms with Crippen LogP contribution in [0.2, 0.25) is 5.02 Å². The molecule has 11 heteroatoms. The molecule has 0 fully saturated rings. The van der Waals surface area contributed by atoms with Gasteiger partial charge < -0.3 is 9.84 Å². The van der Waals surface area contributed by atoms with E-state index in [2.05, 4.69) is 9.98 Å². The molecule has 0 atom stereocenters. The molecule has 1 heterocycles. The van der Waals surface area contributed by atoms with Crippen molar-refractivity contribution >= 4 is 29.2 Å². The van der Waals surface area contributed by atoms with Gasteiger partial charge in [-0.05, 0) is 36.4 Å². The van der Waals surface area contributed by atoms with E-state index in [1.54, 1.807) is 12.1 Å². The molecule has 0 spiro atoms. The number of benzene rings is 2. The SMILES string of the molecule is COc1ccc(-n2c(O)c(C=Nc3ccc(Cl)c([N+](=O)[O-])c3)c(=O)[nH]c2=O)cc1. The number of H-pyrrole nitrogens is 1. The summed E-state index contributed by atoms with van der Waals surface area (Å²) in [6.45, 7) is 0. The molecule has 2 aromatic carbocycles. The molecule has 0 radical (unpaired) electrons. The maximum Gasteiger partial charge on any atom is 0.335 e. The number of aromatic hydroxyl groups is 1. The van der Waals surface area contributed by atoms with Crippen LogP contribution in [-0.2, 0) is 0 Å². The van der Waals surface area contributed by atoms with Crippen molar-refractivity contribution in [2.45, 2.75) is 0 Å². The fourth-order valence-corrected chi connectivity index (χ4v) is 2.67. The van der Waals surface area contributed by atoms with Crippen molar-refractivity contribution in [1.29, 1.82) is 0 Å². The first-order chi connectivity index (χ1) is 13.8. The summed E-state index contributed by atoms with van der Waals surface area (Å²) in [5.74, 6) is -0.104. The third-order valence-corrected chi connectivity index (χ3v) is 4.24. The first-order valence-electron chi connectivity index (χ1n) is 8.02. The summed E-state index contributed by atoms with van der Waals surface area (Å²) in [5.41, 5.74) is -1.98. The Morgan fingerprint density at radius 3 is 2.55 bits per heavy atom. The number of aromatic nitrogens is 2. The number of ether oxygens (including phenoxy) is 1. The number of hydrogen-bond donors (Lipinski definition) is 2. The smallest absolute Gasteiger partial charge is 0.335 e. The molecular formula is C18H13ClN4O6. The molecule has 0 saturated carbocycles. The number of hydrogen-bond acceptors (Lipinski definition) is 7. The van der Waals surface area contributed by atoms with Crippen molar-refractivity contribution in [1.82, 2.24) is 9.55 Å². The average Bonchev–Trinajstić information content (AvgIpc) is 2.69. The lowest BCUT2D eigenvalue weighted by Crippen LogP contribution is -2.31. The van der Waals surface area contributed by atoms with Crippen molar-refractivity contribution in [2.24, 2.45) is 4.99 Å². The van der Waals surface area contributed by atoms with Gasteiger partial charge in [-0.15, -0.1) is 0 Å². The molecule has 0 amide bonds. The zero-order valence-electron chi connectivity index (χ0n) is 14.8. The summed E-state index contributed by atoms with van der Waals surface area (Å²) < 4.78 is 5.93. The monoisotopic (exact) mass is 416 g/mol. The Bertz CT molecular complexity index is 1230. The van der Waals surface area contributed by atoms with Crippen molar-refractivity contribution in [3.05, 3.63) is 84.0 Å². The van der Waals surface area contributed by atoms with Gasteiger partial charge in [0.1, 0.15) is 16.3 Å². The van der Waals surface area contributed by atoms with E-state index in [4.69, 9.17) is 16.3 Å². The van der Waals surface area contributed by atoms with E-state index >= 15 is 0 Å². The van der Waals surface area contributed by atoms with Crippen molar-refractivity contribution in [2.75, 3.05) is 7.11 Å². The predicted molar refractivity (Wildman–Crippen MR) is 106 cm³/mol. The maximum absolute atomic E-state index is 12.2. The number of aliphatic imine (C=N–C) groups is 1. The number of nitrogens with zero attached hydrogens (tertiary/aromatic N) is 3. The van der Waals surface area contributed by atoms with Crippen molar-refractivity contribution in [3.8, 4) is 17.3 Å². The molecule has 0 aliphatic heterocycles. The van der Waals surface area contributed by atoms with Crippen molar-refractivity contribution in [3.63, 3.8) is 0 Å². The zero-order chi connectivity index (χ0) is 21.1. The second kappa shape index (κ2) is 7.98. The summed E-state index contributed by atoms with van der Waals surface area (Å²) in [4.78, 5) is 40.7. The van der Waals surface area contributed by atoms with Crippen LogP contribution >= 0.6 is 11.6 Å². The third-order valence-electron chi connectivity index (χ3n) is 3.92. The van der Waals surface area contributed by atoms with Gasteiger partial charge in [0.05, 0.1) is 23.4 Å². The Balaban J connectivity index is 2.07. The first-order valence-corrected chi connectivity index (χ1v) is 8.40. The summed E-state index contributed by atoms with van der Waals surface area (Å²) in [5, 5.41) is 21.4. The van der Waals surface area contributed by atoms with E-state index in [1.165, 1.54) is 31.4 Å². The molecule has 1 aromatic heterocycles. The highest BCUT2D eigenvalue weighted by Crippen LogP contribution is 2.29.